The summed E-state index contributed by atoms with van der Waals surface area (Å²) in [5.74, 6) is 1.34. The molecule has 2 aromatic heterocycles. The quantitative estimate of drug-likeness (QED) is 0.573. The summed E-state index contributed by atoms with van der Waals surface area (Å²) in [5, 5.41) is 3.81. The number of hydrogen-bond acceptors (Lipinski definition) is 4. The largest absolute Gasteiger partial charge is 0.497 e. The minimum Gasteiger partial charge on any atom is -0.497 e. The Morgan fingerprint density at radius 2 is 1.93 bits per heavy atom. The van der Waals surface area contributed by atoms with Crippen LogP contribution in [0.3, 0.4) is 0 Å². The molecule has 0 spiro atoms. The number of benzene rings is 2. The second kappa shape index (κ2) is 6.92. The average molecular weight is 358 g/mol. The van der Waals surface area contributed by atoms with Crippen LogP contribution in [0.1, 0.15) is 16.1 Å². The van der Waals surface area contributed by atoms with Crippen molar-refractivity contribution >= 4 is 22.5 Å². The summed E-state index contributed by atoms with van der Waals surface area (Å²) in [6, 6.07) is 15.0. The molecule has 134 valence electrons. The summed E-state index contributed by atoms with van der Waals surface area (Å²) in [5.41, 5.74) is 3.68. The van der Waals surface area contributed by atoms with E-state index in [1.165, 1.54) is 0 Å². The number of carbonyl (C=O) groups is 1. The van der Waals surface area contributed by atoms with Gasteiger partial charge in [0.15, 0.2) is 0 Å². The number of amides is 1. The number of methoxy groups -OCH3 is 1. The normalized spacial score (nSPS) is 10.7. The Morgan fingerprint density at radius 3 is 2.63 bits per heavy atom. The van der Waals surface area contributed by atoms with Gasteiger partial charge in [-0.25, -0.2) is 4.98 Å². The second-order valence-electron chi connectivity index (χ2n) is 6.15. The molecule has 2 heterocycles. The van der Waals surface area contributed by atoms with Gasteiger partial charge in [-0.15, -0.1) is 0 Å². The SMILES string of the molecule is COc1ccc2cc(C(=O)Nc3ccc(-c4ncc[nH]4)cc3)c(C)nc2c1. The van der Waals surface area contributed by atoms with E-state index < -0.39 is 0 Å². The van der Waals surface area contributed by atoms with Crippen molar-refractivity contribution in [2.75, 3.05) is 12.4 Å². The molecule has 0 aliphatic carbocycles. The van der Waals surface area contributed by atoms with Gasteiger partial charge in [-0.1, -0.05) is 0 Å². The number of pyridine rings is 1. The summed E-state index contributed by atoms with van der Waals surface area (Å²) >= 11 is 0. The first-order chi connectivity index (χ1) is 13.1. The van der Waals surface area contributed by atoms with E-state index in [0.717, 1.165) is 28.0 Å². The van der Waals surface area contributed by atoms with Gasteiger partial charge in [0.05, 0.1) is 23.9 Å². The number of aryl methyl sites for hydroxylation is 1. The van der Waals surface area contributed by atoms with Crippen LogP contribution in [0.4, 0.5) is 5.69 Å². The van der Waals surface area contributed by atoms with Crippen LogP contribution < -0.4 is 10.1 Å². The highest BCUT2D eigenvalue weighted by atomic mass is 16.5. The van der Waals surface area contributed by atoms with Crippen LogP contribution in [0.15, 0.2) is 60.9 Å². The molecule has 1 amide bonds. The first kappa shape index (κ1) is 16.8. The number of nitrogens with one attached hydrogen (secondary N) is 2. The van der Waals surface area contributed by atoms with Gasteiger partial charge in [-0.05, 0) is 49.4 Å². The molecule has 0 saturated carbocycles. The number of nitrogens with zero attached hydrogens (tertiary/aromatic N) is 2. The minimum atomic E-state index is -0.191. The summed E-state index contributed by atoms with van der Waals surface area (Å²) in [4.78, 5) is 24.5. The van der Waals surface area contributed by atoms with Crippen LogP contribution >= 0.6 is 0 Å². The molecule has 0 bridgehead atoms. The van der Waals surface area contributed by atoms with Crippen LogP contribution in [0.25, 0.3) is 22.3 Å². The molecular formula is C21H18N4O2. The van der Waals surface area contributed by atoms with Gasteiger partial charge >= 0.3 is 0 Å². The van der Waals surface area contributed by atoms with Crippen molar-refractivity contribution in [1.82, 2.24) is 15.0 Å². The first-order valence-electron chi connectivity index (χ1n) is 8.50. The number of fused-ring (bicyclic) bond motifs is 1. The van der Waals surface area contributed by atoms with Gasteiger partial charge in [-0.2, -0.15) is 0 Å². The maximum absolute atomic E-state index is 12.7. The lowest BCUT2D eigenvalue weighted by atomic mass is 10.1. The van der Waals surface area contributed by atoms with E-state index in [1.54, 1.807) is 19.5 Å². The number of ether oxygens (including phenoxy) is 1. The molecule has 6 heteroatoms. The number of H-pyrrole nitrogens is 1. The zero-order valence-corrected chi connectivity index (χ0v) is 15.0. The van der Waals surface area contributed by atoms with Crippen molar-refractivity contribution in [1.29, 1.82) is 0 Å². The Balaban J connectivity index is 1.58. The number of aromatic nitrogens is 3. The summed E-state index contributed by atoms with van der Waals surface area (Å²) in [6.07, 6.45) is 3.48. The van der Waals surface area contributed by atoms with Crippen LogP contribution in [0, 0.1) is 6.92 Å². The topological polar surface area (TPSA) is 79.9 Å². The van der Waals surface area contributed by atoms with Crippen LogP contribution in [0.2, 0.25) is 0 Å². The van der Waals surface area contributed by atoms with Gasteiger partial charge < -0.3 is 15.0 Å². The Hall–Kier alpha value is -3.67. The lowest BCUT2D eigenvalue weighted by Crippen LogP contribution is -2.14. The van der Waals surface area contributed by atoms with Crippen LogP contribution in [0.5, 0.6) is 5.75 Å². The highest BCUT2D eigenvalue weighted by Gasteiger charge is 2.13. The summed E-state index contributed by atoms with van der Waals surface area (Å²) in [7, 11) is 1.62. The Labute approximate surface area is 156 Å². The molecule has 0 radical (unpaired) electrons. The highest BCUT2D eigenvalue weighted by molar-refractivity contribution is 6.06. The molecule has 4 aromatic rings. The molecule has 0 atom stereocenters. The number of anilines is 1. The standard InChI is InChI=1S/C21H18N4O2/c1-13-18(11-15-5-8-17(27-2)12-19(15)24-13)21(26)25-16-6-3-14(4-7-16)20-22-9-10-23-20/h3-12H,1-2H3,(H,22,23)(H,25,26). The van der Waals surface area contributed by atoms with E-state index in [0.29, 0.717) is 16.9 Å². The fourth-order valence-electron chi connectivity index (χ4n) is 2.93. The Bertz CT molecular complexity index is 1100. The predicted molar refractivity (Wildman–Crippen MR) is 105 cm³/mol. The average Bonchev–Trinajstić information content (AvgIpc) is 3.22. The maximum atomic E-state index is 12.7. The monoisotopic (exact) mass is 358 g/mol. The minimum absolute atomic E-state index is 0.191. The van der Waals surface area contributed by atoms with Gasteiger partial charge in [0.25, 0.3) is 5.91 Å². The molecule has 4 rings (SSSR count). The van der Waals surface area contributed by atoms with Gasteiger partial charge in [-0.3, -0.25) is 9.78 Å². The maximum Gasteiger partial charge on any atom is 0.257 e. The second-order valence-corrected chi connectivity index (χ2v) is 6.15. The molecule has 0 aliphatic rings. The third kappa shape index (κ3) is 3.37. The van der Waals surface area contributed by atoms with Crippen molar-refractivity contribution in [3.05, 3.63) is 72.2 Å². The van der Waals surface area contributed by atoms with E-state index in [1.807, 2.05) is 55.5 Å². The van der Waals surface area contributed by atoms with Gasteiger partial charge in [0, 0.05) is 35.1 Å². The van der Waals surface area contributed by atoms with E-state index in [2.05, 4.69) is 20.3 Å². The third-order valence-electron chi connectivity index (χ3n) is 4.37. The number of rotatable bonds is 4. The van der Waals surface area contributed by atoms with Crippen LogP contribution in [-0.2, 0) is 0 Å². The molecule has 2 N–H and O–H groups in total. The van der Waals surface area contributed by atoms with Crippen molar-refractivity contribution < 1.29 is 9.53 Å². The summed E-state index contributed by atoms with van der Waals surface area (Å²) < 4.78 is 5.23. The zero-order valence-electron chi connectivity index (χ0n) is 15.0. The van der Waals surface area contributed by atoms with Crippen molar-refractivity contribution in [3.63, 3.8) is 0 Å². The first-order valence-corrected chi connectivity index (χ1v) is 8.50. The Kier molecular flexibility index (Phi) is 4.30. The zero-order chi connectivity index (χ0) is 18.8. The molecular weight excluding hydrogens is 340 g/mol. The Morgan fingerprint density at radius 1 is 1.11 bits per heavy atom. The lowest BCUT2D eigenvalue weighted by molar-refractivity contribution is 0.102. The molecule has 0 saturated heterocycles. The number of imidazole rings is 1. The van der Waals surface area contributed by atoms with E-state index in [9.17, 15) is 4.79 Å². The van der Waals surface area contributed by atoms with Crippen molar-refractivity contribution in [2.45, 2.75) is 6.92 Å². The number of carbonyl (C=O) groups excluding carboxylic acids is 1. The molecule has 6 nitrogen and oxygen atoms in total. The molecule has 27 heavy (non-hydrogen) atoms. The van der Waals surface area contributed by atoms with E-state index in [4.69, 9.17) is 4.74 Å². The summed E-state index contributed by atoms with van der Waals surface area (Å²) in [6.45, 7) is 1.83. The smallest absolute Gasteiger partial charge is 0.257 e. The van der Waals surface area contributed by atoms with E-state index >= 15 is 0 Å². The third-order valence-corrected chi connectivity index (χ3v) is 4.37. The van der Waals surface area contributed by atoms with Crippen molar-refractivity contribution in [2.24, 2.45) is 0 Å². The highest BCUT2D eigenvalue weighted by Crippen LogP contribution is 2.23. The molecule has 0 unspecified atom stereocenters. The van der Waals surface area contributed by atoms with Crippen LogP contribution in [-0.4, -0.2) is 28.0 Å². The fraction of sp³-hybridized carbons (Fsp3) is 0.0952. The number of hydrogen-bond donors (Lipinski definition) is 2. The molecule has 2 aromatic carbocycles. The van der Waals surface area contributed by atoms with Crippen molar-refractivity contribution in [3.8, 4) is 17.1 Å². The fourth-order valence-corrected chi connectivity index (χ4v) is 2.93. The predicted octanol–water partition coefficient (Wildman–Crippen LogP) is 4.19. The van der Waals surface area contributed by atoms with Gasteiger partial charge in [0.1, 0.15) is 11.6 Å². The van der Waals surface area contributed by atoms with E-state index in [-0.39, 0.29) is 5.91 Å². The molecule has 0 fully saturated rings. The molecule has 0 aliphatic heterocycles. The lowest BCUT2D eigenvalue weighted by Gasteiger charge is -2.10. The number of aromatic amines is 1. The van der Waals surface area contributed by atoms with Gasteiger partial charge in [0.2, 0.25) is 0 Å².